The molecule has 1 aliphatic carbocycles. The lowest BCUT2D eigenvalue weighted by molar-refractivity contribution is -0.116. The largest absolute Gasteiger partial charge is 0.366 e. The normalized spacial score (nSPS) is 14.2. The molecule has 0 aromatic heterocycles. The van der Waals surface area contributed by atoms with E-state index in [2.05, 4.69) is 10.6 Å². The number of nitrogens with one attached hydrogen (secondary N) is 2. The van der Waals surface area contributed by atoms with Gasteiger partial charge in [0, 0.05) is 30.3 Å². The third-order valence-electron chi connectivity index (χ3n) is 3.24. The fourth-order valence-corrected chi connectivity index (χ4v) is 1.93. The minimum atomic E-state index is -0.482. The summed E-state index contributed by atoms with van der Waals surface area (Å²) in [4.78, 5) is 23.0. The summed E-state index contributed by atoms with van der Waals surface area (Å²) in [6, 6.07) is 5.74. The molecule has 1 aromatic rings. The van der Waals surface area contributed by atoms with Crippen LogP contribution >= 0.6 is 0 Å². The van der Waals surface area contributed by atoms with E-state index in [1.807, 2.05) is 0 Å². The summed E-state index contributed by atoms with van der Waals surface area (Å²) < 4.78 is 0. The van der Waals surface area contributed by atoms with Crippen LogP contribution in [0.2, 0.25) is 0 Å². The highest BCUT2D eigenvalue weighted by Gasteiger charge is 2.20. The third-order valence-corrected chi connectivity index (χ3v) is 3.24. The SMILES string of the molecule is Cc1c(NC(=O)CCNC2CC2)cccc1C(N)=O. The van der Waals surface area contributed by atoms with Gasteiger partial charge in [0.05, 0.1) is 0 Å². The molecule has 0 spiro atoms. The summed E-state index contributed by atoms with van der Waals surface area (Å²) in [5, 5.41) is 6.10. The number of hydrogen-bond donors (Lipinski definition) is 3. The summed E-state index contributed by atoms with van der Waals surface area (Å²) in [7, 11) is 0. The van der Waals surface area contributed by atoms with Crippen molar-refractivity contribution in [2.75, 3.05) is 11.9 Å². The van der Waals surface area contributed by atoms with Gasteiger partial charge in [0.15, 0.2) is 0 Å². The second-order valence-corrected chi connectivity index (χ2v) is 4.87. The van der Waals surface area contributed by atoms with Crippen molar-refractivity contribution >= 4 is 17.5 Å². The molecule has 19 heavy (non-hydrogen) atoms. The smallest absolute Gasteiger partial charge is 0.249 e. The molecule has 1 saturated carbocycles. The minimum Gasteiger partial charge on any atom is -0.366 e. The Morgan fingerprint density at radius 3 is 2.74 bits per heavy atom. The molecule has 1 aliphatic rings. The maximum absolute atomic E-state index is 11.8. The maximum Gasteiger partial charge on any atom is 0.249 e. The average molecular weight is 261 g/mol. The van der Waals surface area contributed by atoms with Gasteiger partial charge in [-0.1, -0.05) is 6.07 Å². The Hall–Kier alpha value is -1.88. The molecule has 1 aromatic carbocycles. The Bertz CT molecular complexity index is 495. The number of anilines is 1. The van der Waals surface area contributed by atoms with Crippen LogP contribution in [0, 0.1) is 6.92 Å². The van der Waals surface area contributed by atoms with Crippen LogP contribution in [-0.2, 0) is 4.79 Å². The van der Waals surface area contributed by atoms with Crippen LogP contribution in [0.1, 0.15) is 35.2 Å². The first-order valence-corrected chi connectivity index (χ1v) is 6.50. The predicted molar refractivity (Wildman–Crippen MR) is 74.0 cm³/mol. The number of carbonyl (C=O) groups excluding carboxylic acids is 2. The number of nitrogens with two attached hydrogens (primary N) is 1. The number of benzene rings is 1. The van der Waals surface area contributed by atoms with Crippen molar-refractivity contribution in [3.63, 3.8) is 0 Å². The predicted octanol–water partition coefficient (Wildman–Crippen LogP) is 1.17. The molecule has 5 heteroatoms. The Morgan fingerprint density at radius 2 is 2.11 bits per heavy atom. The van der Waals surface area contributed by atoms with Crippen LogP contribution in [0.25, 0.3) is 0 Å². The van der Waals surface area contributed by atoms with E-state index in [1.54, 1.807) is 25.1 Å². The van der Waals surface area contributed by atoms with Crippen LogP contribution in [0.15, 0.2) is 18.2 Å². The zero-order valence-corrected chi connectivity index (χ0v) is 11.0. The standard InChI is InChI=1S/C14H19N3O2/c1-9-11(14(15)19)3-2-4-12(9)17-13(18)7-8-16-10-5-6-10/h2-4,10,16H,5-8H2,1H3,(H2,15,19)(H,17,18). The highest BCUT2D eigenvalue weighted by Crippen LogP contribution is 2.19. The van der Waals surface area contributed by atoms with Crippen molar-refractivity contribution in [2.45, 2.75) is 32.2 Å². The first-order chi connectivity index (χ1) is 9.08. The maximum atomic E-state index is 11.8. The van der Waals surface area contributed by atoms with Crippen LogP contribution in [0.3, 0.4) is 0 Å². The highest BCUT2D eigenvalue weighted by molar-refractivity contribution is 5.98. The number of primary amides is 1. The van der Waals surface area contributed by atoms with E-state index in [0.717, 1.165) is 0 Å². The quantitative estimate of drug-likeness (QED) is 0.718. The minimum absolute atomic E-state index is 0.0575. The summed E-state index contributed by atoms with van der Waals surface area (Å²) >= 11 is 0. The highest BCUT2D eigenvalue weighted by atomic mass is 16.2. The van der Waals surface area contributed by atoms with Crippen molar-refractivity contribution in [3.05, 3.63) is 29.3 Å². The molecule has 0 heterocycles. The van der Waals surface area contributed by atoms with Crippen molar-refractivity contribution in [2.24, 2.45) is 5.73 Å². The van der Waals surface area contributed by atoms with Gasteiger partial charge in [0.2, 0.25) is 11.8 Å². The molecule has 0 atom stereocenters. The van der Waals surface area contributed by atoms with Gasteiger partial charge >= 0.3 is 0 Å². The Kier molecular flexibility index (Phi) is 4.16. The molecule has 0 saturated heterocycles. The number of hydrogen-bond acceptors (Lipinski definition) is 3. The lowest BCUT2D eigenvalue weighted by Crippen LogP contribution is -2.23. The molecule has 4 N–H and O–H groups in total. The molecule has 2 rings (SSSR count). The van der Waals surface area contributed by atoms with E-state index in [0.29, 0.717) is 35.8 Å². The van der Waals surface area contributed by atoms with Crippen molar-refractivity contribution in [1.82, 2.24) is 5.32 Å². The van der Waals surface area contributed by atoms with Crippen molar-refractivity contribution < 1.29 is 9.59 Å². The molecule has 102 valence electrons. The number of amides is 2. The van der Waals surface area contributed by atoms with Gasteiger partial charge in [-0.05, 0) is 37.5 Å². The zero-order valence-electron chi connectivity index (χ0n) is 11.0. The van der Waals surface area contributed by atoms with Gasteiger partial charge in [-0.25, -0.2) is 0 Å². The van der Waals surface area contributed by atoms with E-state index < -0.39 is 5.91 Å². The third kappa shape index (κ3) is 3.79. The Morgan fingerprint density at radius 1 is 1.37 bits per heavy atom. The summed E-state index contributed by atoms with van der Waals surface area (Å²) in [6.45, 7) is 2.46. The van der Waals surface area contributed by atoms with Crippen molar-refractivity contribution in [3.8, 4) is 0 Å². The fraction of sp³-hybridized carbons (Fsp3) is 0.429. The molecule has 1 fully saturated rings. The Balaban J connectivity index is 1.91. The first kappa shape index (κ1) is 13.5. The summed E-state index contributed by atoms with van der Waals surface area (Å²) in [5.74, 6) is -0.540. The zero-order chi connectivity index (χ0) is 13.8. The first-order valence-electron chi connectivity index (χ1n) is 6.50. The lowest BCUT2D eigenvalue weighted by Gasteiger charge is -2.11. The monoisotopic (exact) mass is 261 g/mol. The van der Waals surface area contributed by atoms with Crippen LogP contribution in [0.4, 0.5) is 5.69 Å². The molecule has 0 aliphatic heterocycles. The molecule has 0 unspecified atom stereocenters. The fourth-order valence-electron chi connectivity index (χ4n) is 1.93. The molecule has 2 amide bonds. The van der Waals surface area contributed by atoms with Crippen molar-refractivity contribution in [1.29, 1.82) is 0 Å². The van der Waals surface area contributed by atoms with E-state index in [1.165, 1.54) is 12.8 Å². The van der Waals surface area contributed by atoms with Gasteiger partial charge in [-0.15, -0.1) is 0 Å². The molecule has 0 bridgehead atoms. The summed E-state index contributed by atoms with van der Waals surface area (Å²) in [5.41, 5.74) is 7.06. The van der Waals surface area contributed by atoms with Crippen LogP contribution in [-0.4, -0.2) is 24.4 Å². The van der Waals surface area contributed by atoms with Crippen LogP contribution < -0.4 is 16.4 Å². The van der Waals surface area contributed by atoms with E-state index in [9.17, 15) is 9.59 Å². The molecular formula is C14H19N3O2. The summed E-state index contributed by atoms with van der Waals surface area (Å²) in [6.07, 6.45) is 2.85. The number of carbonyl (C=O) groups is 2. The van der Waals surface area contributed by atoms with Crippen LogP contribution in [0.5, 0.6) is 0 Å². The van der Waals surface area contributed by atoms with Gasteiger partial charge in [-0.3, -0.25) is 9.59 Å². The van der Waals surface area contributed by atoms with Gasteiger partial charge in [-0.2, -0.15) is 0 Å². The Labute approximate surface area is 112 Å². The van der Waals surface area contributed by atoms with Gasteiger partial charge in [0.1, 0.15) is 0 Å². The average Bonchev–Trinajstić information content (AvgIpc) is 3.15. The van der Waals surface area contributed by atoms with E-state index in [-0.39, 0.29) is 5.91 Å². The van der Waals surface area contributed by atoms with Gasteiger partial charge < -0.3 is 16.4 Å². The molecular weight excluding hydrogens is 242 g/mol. The second kappa shape index (κ2) is 5.84. The lowest BCUT2D eigenvalue weighted by atomic mass is 10.1. The molecule has 0 radical (unpaired) electrons. The van der Waals surface area contributed by atoms with E-state index >= 15 is 0 Å². The van der Waals surface area contributed by atoms with E-state index in [4.69, 9.17) is 5.73 Å². The molecule has 5 nitrogen and oxygen atoms in total. The topological polar surface area (TPSA) is 84.2 Å². The second-order valence-electron chi connectivity index (χ2n) is 4.87. The number of rotatable bonds is 6. The van der Waals surface area contributed by atoms with Gasteiger partial charge in [0.25, 0.3) is 0 Å².